The first-order valence-electron chi connectivity index (χ1n) is 14.8. The number of para-hydroxylation sites is 1. The minimum absolute atomic E-state index is 0.00142. The molecule has 2 aromatic heterocycles. The highest BCUT2D eigenvalue weighted by molar-refractivity contribution is 7.89. The Morgan fingerprint density at radius 3 is 2.67 bits per heavy atom. The summed E-state index contributed by atoms with van der Waals surface area (Å²) >= 11 is 0. The molecule has 0 bridgehead atoms. The maximum absolute atomic E-state index is 13.6. The van der Waals surface area contributed by atoms with Crippen LogP contribution >= 0.6 is 0 Å². The number of nitrogens with zero attached hydrogens (tertiary/aromatic N) is 5. The Labute approximate surface area is 263 Å². The number of likely N-dealkylation sites (N-methyl/N-ethyl adjacent to an activating group) is 1. The van der Waals surface area contributed by atoms with Crippen LogP contribution < -0.4 is 10.1 Å². The highest BCUT2D eigenvalue weighted by atomic mass is 32.2. The van der Waals surface area contributed by atoms with Crippen LogP contribution in [-0.4, -0.2) is 87.6 Å². The average Bonchev–Trinajstić information content (AvgIpc) is 3.59. The van der Waals surface area contributed by atoms with Gasteiger partial charge in [-0.1, -0.05) is 25.1 Å². The molecule has 0 unspecified atom stereocenters. The number of aryl methyl sites for hydroxylation is 2. The summed E-state index contributed by atoms with van der Waals surface area (Å²) < 4.78 is 37.8. The van der Waals surface area contributed by atoms with Crippen molar-refractivity contribution in [3.8, 4) is 5.75 Å². The zero-order valence-corrected chi connectivity index (χ0v) is 27.0. The monoisotopic (exact) mass is 636 g/mol. The minimum Gasteiger partial charge on any atom is -0.488 e. The van der Waals surface area contributed by atoms with Gasteiger partial charge in [-0.05, 0) is 36.8 Å². The van der Waals surface area contributed by atoms with E-state index in [1.165, 1.54) is 23.9 Å². The first kappa shape index (κ1) is 32.2. The van der Waals surface area contributed by atoms with Gasteiger partial charge in [-0.2, -0.15) is 4.31 Å². The summed E-state index contributed by atoms with van der Waals surface area (Å²) in [5, 5.41) is 13.8. The molecule has 2 N–H and O–H groups in total. The Balaban J connectivity index is 1.41. The van der Waals surface area contributed by atoms with Crippen LogP contribution in [0.5, 0.6) is 5.75 Å². The number of amides is 2. The summed E-state index contributed by atoms with van der Waals surface area (Å²) in [6.07, 6.45) is 4.32. The Morgan fingerprint density at radius 2 is 1.96 bits per heavy atom. The van der Waals surface area contributed by atoms with Gasteiger partial charge in [0.2, 0.25) is 11.8 Å². The lowest BCUT2D eigenvalue weighted by Gasteiger charge is -2.33. The molecule has 240 valence electrons. The van der Waals surface area contributed by atoms with E-state index in [1.54, 1.807) is 41.6 Å². The SMILES string of the molecule is C[C@@H]1CN([C@@H](C)CO)C(=O)Cc2cc(NC(=O)Cc3cn(C)c4ccccc34)ccc2O[C@@H]1CN(C)S(=O)(=O)c1cn(C)cn1. The lowest BCUT2D eigenvalue weighted by atomic mass is 10.0. The smallest absolute Gasteiger partial charge is 0.261 e. The Kier molecular flexibility index (Phi) is 9.33. The van der Waals surface area contributed by atoms with Crippen LogP contribution in [0.1, 0.15) is 25.0 Å². The predicted octanol–water partition coefficient (Wildman–Crippen LogP) is 2.56. The van der Waals surface area contributed by atoms with E-state index in [9.17, 15) is 23.1 Å². The molecule has 13 heteroatoms. The normalized spacial score (nSPS) is 18.2. The molecule has 0 fully saturated rings. The molecule has 5 rings (SSSR count). The van der Waals surface area contributed by atoms with Crippen molar-refractivity contribution in [2.75, 3.05) is 32.1 Å². The summed E-state index contributed by atoms with van der Waals surface area (Å²) in [4.78, 5) is 32.3. The summed E-state index contributed by atoms with van der Waals surface area (Å²) in [6, 6.07) is 12.6. The number of carbonyl (C=O) groups is 2. The molecule has 2 aromatic carbocycles. The minimum atomic E-state index is -3.90. The Morgan fingerprint density at radius 1 is 1.20 bits per heavy atom. The lowest BCUT2D eigenvalue weighted by molar-refractivity contribution is -0.134. The van der Waals surface area contributed by atoms with Crippen LogP contribution in [0.25, 0.3) is 10.9 Å². The summed E-state index contributed by atoms with van der Waals surface area (Å²) in [6.45, 7) is 3.68. The van der Waals surface area contributed by atoms with E-state index in [1.807, 2.05) is 49.0 Å². The van der Waals surface area contributed by atoms with E-state index in [0.29, 0.717) is 17.0 Å². The quantitative estimate of drug-likeness (QED) is 0.288. The number of aliphatic hydroxyl groups excluding tert-OH is 1. The number of hydrogen-bond donors (Lipinski definition) is 2. The Hall–Kier alpha value is -4.20. The standard InChI is InChI=1S/C32H40N6O6S/c1-21-15-38(22(2)19-39)32(41)14-23-12-25(34-30(40)13-24-16-36(4)27-9-7-6-8-26(24)27)10-11-28(23)44-29(21)17-37(5)45(42,43)31-18-35(3)20-33-31/h6-12,16,18,20-22,29,39H,13-15,17,19H2,1-5H3,(H,34,40)/t21-,22+,29-/m1/s1. The fraction of sp³-hybridized carbons (Fsp3) is 0.406. The van der Waals surface area contributed by atoms with Crippen molar-refractivity contribution in [1.29, 1.82) is 0 Å². The van der Waals surface area contributed by atoms with Crippen molar-refractivity contribution < 1.29 is 27.9 Å². The van der Waals surface area contributed by atoms with Crippen molar-refractivity contribution in [2.45, 2.75) is 43.9 Å². The molecule has 0 aliphatic carbocycles. The third-order valence-electron chi connectivity index (χ3n) is 8.32. The molecule has 4 aromatic rings. The van der Waals surface area contributed by atoms with Crippen LogP contribution in [0, 0.1) is 5.92 Å². The molecule has 3 heterocycles. The molecule has 0 radical (unpaired) electrons. The number of benzene rings is 2. The summed E-state index contributed by atoms with van der Waals surface area (Å²) in [7, 11) is 1.21. The van der Waals surface area contributed by atoms with E-state index in [0.717, 1.165) is 16.5 Å². The van der Waals surface area contributed by atoms with E-state index < -0.39 is 22.2 Å². The highest BCUT2D eigenvalue weighted by Gasteiger charge is 2.34. The zero-order chi connectivity index (χ0) is 32.5. The third-order valence-corrected chi connectivity index (χ3v) is 10.0. The fourth-order valence-electron chi connectivity index (χ4n) is 5.70. The van der Waals surface area contributed by atoms with E-state index in [4.69, 9.17) is 4.74 Å². The van der Waals surface area contributed by atoms with Gasteiger partial charge in [-0.15, -0.1) is 0 Å². The van der Waals surface area contributed by atoms with Gasteiger partial charge in [-0.25, -0.2) is 13.4 Å². The molecule has 12 nitrogen and oxygen atoms in total. The topological polar surface area (TPSA) is 139 Å². The second kappa shape index (κ2) is 13.0. The molecule has 0 saturated carbocycles. The average molecular weight is 637 g/mol. The number of aliphatic hydroxyl groups is 1. The van der Waals surface area contributed by atoms with Crippen LogP contribution in [0.15, 0.2) is 66.2 Å². The van der Waals surface area contributed by atoms with Crippen molar-refractivity contribution in [2.24, 2.45) is 20.0 Å². The molecule has 0 spiro atoms. The first-order chi connectivity index (χ1) is 21.4. The number of hydrogen-bond acceptors (Lipinski definition) is 7. The number of ether oxygens (including phenoxy) is 1. The third kappa shape index (κ3) is 6.90. The molecule has 0 saturated heterocycles. The van der Waals surface area contributed by atoms with Crippen LogP contribution in [0.3, 0.4) is 0 Å². The van der Waals surface area contributed by atoms with Crippen molar-refractivity contribution >= 4 is 38.4 Å². The molecule has 2 amide bonds. The zero-order valence-electron chi connectivity index (χ0n) is 26.2. The van der Waals surface area contributed by atoms with Gasteiger partial charge in [0, 0.05) is 68.2 Å². The number of nitrogens with one attached hydrogen (secondary N) is 1. The van der Waals surface area contributed by atoms with Crippen LogP contribution in [-0.2, 0) is 46.5 Å². The number of aromatic nitrogens is 3. The van der Waals surface area contributed by atoms with Crippen LogP contribution in [0.2, 0.25) is 0 Å². The molecular formula is C32H40N6O6S. The number of anilines is 1. The predicted molar refractivity (Wildman–Crippen MR) is 170 cm³/mol. The van der Waals surface area contributed by atoms with E-state index >= 15 is 0 Å². The van der Waals surface area contributed by atoms with Crippen molar-refractivity contribution in [3.05, 3.63) is 72.3 Å². The maximum atomic E-state index is 13.6. The highest BCUT2D eigenvalue weighted by Crippen LogP contribution is 2.30. The second-order valence-corrected chi connectivity index (χ2v) is 13.9. The second-order valence-electron chi connectivity index (χ2n) is 11.9. The molecule has 3 atom stereocenters. The molecule has 45 heavy (non-hydrogen) atoms. The van der Waals surface area contributed by atoms with Crippen LogP contribution in [0.4, 0.5) is 5.69 Å². The number of carbonyl (C=O) groups excluding carboxylic acids is 2. The van der Waals surface area contributed by atoms with Gasteiger partial charge in [0.1, 0.15) is 11.9 Å². The number of sulfonamides is 1. The van der Waals surface area contributed by atoms with Gasteiger partial charge in [0.05, 0.1) is 38.4 Å². The Bertz CT molecular complexity index is 1820. The largest absolute Gasteiger partial charge is 0.488 e. The van der Waals surface area contributed by atoms with Crippen molar-refractivity contribution in [1.82, 2.24) is 23.3 Å². The van der Waals surface area contributed by atoms with Crippen molar-refractivity contribution in [3.63, 3.8) is 0 Å². The molecule has 1 aliphatic rings. The molecular weight excluding hydrogens is 596 g/mol. The van der Waals surface area contributed by atoms with E-state index in [2.05, 4.69) is 10.3 Å². The number of fused-ring (bicyclic) bond motifs is 2. The van der Waals surface area contributed by atoms with E-state index in [-0.39, 0.29) is 55.3 Å². The fourth-order valence-corrected chi connectivity index (χ4v) is 6.85. The summed E-state index contributed by atoms with van der Waals surface area (Å²) in [5.74, 6) is -0.280. The van der Waals surface area contributed by atoms with Gasteiger partial charge < -0.3 is 29.2 Å². The van der Waals surface area contributed by atoms with Gasteiger partial charge in [-0.3, -0.25) is 9.59 Å². The molecule has 1 aliphatic heterocycles. The first-order valence-corrected chi connectivity index (χ1v) is 16.3. The van der Waals surface area contributed by atoms with Gasteiger partial charge >= 0.3 is 0 Å². The number of imidazole rings is 1. The maximum Gasteiger partial charge on any atom is 0.261 e. The number of rotatable bonds is 9. The van der Waals surface area contributed by atoms with Gasteiger partial charge in [0.15, 0.2) is 5.03 Å². The van der Waals surface area contributed by atoms with Gasteiger partial charge in [0.25, 0.3) is 10.0 Å². The lowest BCUT2D eigenvalue weighted by Crippen LogP contribution is -2.48. The summed E-state index contributed by atoms with van der Waals surface area (Å²) in [5.41, 5.74) is 3.00.